The van der Waals surface area contributed by atoms with E-state index in [2.05, 4.69) is 15.9 Å². The van der Waals surface area contributed by atoms with Gasteiger partial charge in [0.15, 0.2) is 11.5 Å². The second-order valence-corrected chi connectivity index (χ2v) is 4.95. The smallest absolute Gasteiger partial charge is 0.305 e. The molecule has 0 fully saturated rings. The van der Waals surface area contributed by atoms with Crippen LogP contribution in [0.4, 0.5) is 0 Å². The summed E-state index contributed by atoms with van der Waals surface area (Å²) in [5.41, 5.74) is 0.681. The Balaban J connectivity index is 2.01. The molecule has 0 saturated carbocycles. The van der Waals surface area contributed by atoms with E-state index in [0.29, 0.717) is 30.1 Å². The third kappa shape index (κ3) is 3.39. The number of hydrogen-bond acceptors (Lipinski definition) is 5. The standard InChI is InChI=1S/C13H15BrO5/c1-2-17-12(16)4-3-10(15)8-5-9(14)13-11(6-8)18-7-19-13/h5-6,10,15H,2-4,7H2,1H3. The molecule has 0 aromatic heterocycles. The molecule has 104 valence electrons. The van der Waals surface area contributed by atoms with Crippen LogP contribution in [0.15, 0.2) is 16.6 Å². The number of carbonyl (C=O) groups is 1. The summed E-state index contributed by atoms with van der Waals surface area (Å²) in [5.74, 6) is 0.933. The van der Waals surface area contributed by atoms with Gasteiger partial charge in [0.2, 0.25) is 6.79 Å². The molecule has 1 aliphatic heterocycles. The number of hydrogen-bond donors (Lipinski definition) is 1. The number of carbonyl (C=O) groups excluding carboxylic acids is 1. The van der Waals surface area contributed by atoms with Gasteiger partial charge in [0.05, 0.1) is 17.2 Å². The average Bonchev–Trinajstić information content (AvgIpc) is 2.85. The predicted octanol–water partition coefficient (Wildman–Crippen LogP) is 2.55. The van der Waals surface area contributed by atoms with Gasteiger partial charge in [-0.15, -0.1) is 0 Å². The van der Waals surface area contributed by atoms with Crippen LogP contribution in [0.5, 0.6) is 11.5 Å². The fourth-order valence-corrected chi connectivity index (χ4v) is 2.41. The minimum atomic E-state index is -0.741. The predicted molar refractivity (Wildman–Crippen MR) is 71.1 cm³/mol. The molecule has 1 N–H and O–H groups in total. The largest absolute Gasteiger partial charge is 0.466 e. The minimum Gasteiger partial charge on any atom is -0.466 e. The molecule has 0 bridgehead atoms. The lowest BCUT2D eigenvalue weighted by Gasteiger charge is -2.12. The Kier molecular flexibility index (Phi) is 4.66. The van der Waals surface area contributed by atoms with Crippen LogP contribution in [-0.4, -0.2) is 24.5 Å². The van der Waals surface area contributed by atoms with Gasteiger partial charge in [0.25, 0.3) is 0 Å². The normalized spacial score (nSPS) is 14.3. The molecule has 19 heavy (non-hydrogen) atoms. The SMILES string of the molecule is CCOC(=O)CCC(O)c1cc(Br)c2c(c1)OCO2. The molecule has 1 aliphatic rings. The highest BCUT2D eigenvalue weighted by molar-refractivity contribution is 9.10. The van der Waals surface area contributed by atoms with E-state index in [1.54, 1.807) is 19.1 Å². The highest BCUT2D eigenvalue weighted by atomic mass is 79.9. The van der Waals surface area contributed by atoms with Gasteiger partial charge in [-0.2, -0.15) is 0 Å². The zero-order valence-electron chi connectivity index (χ0n) is 10.5. The number of halogens is 1. The summed E-state index contributed by atoms with van der Waals surface area (Å²) in [5, 5.41) is 10.1. The number of aliphatic hydroxyl groups excluding tert-OH is 1. The first-order valence-electron chi connectivity index (χ1n) is 6.04. The van der Waals surface area contributed by atoms with Crippen molar-refractivity contribution < 1.29 is 24.1 Å². The molecule has 0 saturated heterocycles. The van der Waals surface area contributed by atoms with Crippen LogP contribution in [-0.2, 0) is 9.53 Å². The maximum Gasteiger partial charge on any atom is 0.305 e. The molecule has 1 aromatic carbocycles. The van der Waals surface area contributed by atoms with Crippen molar-refractivity contribution in [2.75, 3.05) is 13.4 Å². The molecule has 1 aromatic rings. The van der Waals surface area contributed by atoms with Gasteiger partial charge in [-0.3, -0.25) is 4.79 Å². The Hall–Kier alpha value is -1.27. The lowest BCUT2D eigenvalue weighted by Crippen LogP contribution is -2.07. The van der Waals surface area contributed by atoms with Crippen LogP contribution >= 0.6 is 15.9 Å². The Morgan fingerprint density at radius 1 is 1.53 bits per heavy atom. The summed E-state index contributed by atoms with van der Waals surface area (Å²) in [4.78, 5) is 11.2. The quantitative estimate of drug-likeness (QED) is 0.840. The Bertz CT molecular complexity index is 474. The van der Waals surface area contributed by atoms with Crippen molar-refractivity contribution in [2.24, 2.45) is 0 Å². The lowest BCUT2D eigenvalue weighted by atomic mass is 10.0. The van der Waals surface area contributed by atoms with Gasteiger partial charge in [0, 0.05) is 6.42 Å². The Labute approximate surface area is 119 Å². The average molecular weight is 331 g/mol. The number of rotatable bonds is 5. The molecular formula is C13H15BrO5. The van der Waals surface area contributed by atoms with E-state index in [0.717, 1.165) is 4.47 Å². The van der Waals surface area contributed by atoms with Crippen LogP contribution in [0, 0.1) is 0 Å². The van der Waals surface area contributed by atoms with Crippen molar-refractivity contribution in [2.45, 2.75) is 25.9 Å². The summed E-state index contributed by atoms with van der Waals surface area (Å²) in [6.45, 7) is 2.28. The van der Waals surface area contributed by atoms with E-state index in [9.17, 15) is 9.90 Å². The van der Waals surface area contributed by atoms with Crippen molar-refractivity contribution in [1.82, 2.24) is 0 Å². The number of ether oxygens (including phenoxy) is 3. The van der Waals surface area contributed by atoms with Crippen LogP contribution in [0.1, 0.15) is 31.4 Å². The molecule has 2 rings (SSSR count). The van der Waals surface area contributed by atoms with E-state index >= 15 is 0 Å². The summed E-state index contributed by atoms with van der Waals surface area (Å²) in [7, 11) is 0. The van der Waals surface area contributed by atoms with E-state index in [1.807, 2.05) is 0 Å². The topological polar surface area (TPSA) is 65.0 Å². The fraction of sp³-hybridized carbons (Fsp3) is 0.462. The van der Waals surface area contributed by atoms with Gasteiger partial charge >= 0.3 is 5.97 Å². The highest BCUT2D eigenvalue weighted by Crippen LogP contribution is 2.41. The molecule has 0 spiro atoms. The van der Waals surface area contributed by atoms with E-state index in [-0.39, 0.29) is 19.2 Å². The molecule has 1 unspecified atom stereocenters. The van der Waals surface area contributed by atoms with Crippen LogP contribution in [0.3, 0.4) is 0 Å². The zero-order valence-corrected chi connectivity index (χ0v) is 12.1. The summed E-state index contributed by atoms with van der Waals surface area (Å²) >= 11 is 3.36. The van der Waals surface area contributed by atoms with Crippen molar-refractivity contribution >= 4 is 21.9 Å². The van der Waals surface area contributed by atoms with Crippen molar-refractivity contribution in [3.63, 3.8) is 0 Å². The second-order valence-electron chi connectivity index (χ2n) is 4.10. The first-order chi connectivity index (χ1) is 9.11. The van der Waals surface area contributed by atoms with Gasteiger partial charge in [-0.05, 0) is 47.0 Å². The molecule has 1 atom stereocenters. The van der Waals surface area contributed by atoms with Gasteiger partial charge in [0.1, 0.15) is 0 Å². The Morgan fingerprint density at radius 2 is 2.32 bits per heavy atom. The third-order valence-electron chi connectivity index (χ3n) is 2.76. The number of fused-ring (bicyclic) bond motifs is 1. The summed E-state index contributed by atoms with van der Waals surface area (Å²) < 4.78 is 16.1. The monoisotopic (exact) mass is 330 g/mol. The van der Waals surface area contributed by atoms with Gasteiger partial charge in [-0.25, -0.2) is 0 Å². The van der Waals surface area contributed by atoms with Crippen molar-refractivity contribution in [3.05, 3.63) is 22.2 Å². The molecule has 0 radical (unpaired) electrons. The molecule has 0 aliphatic carbocycles. The molecule has 0 amide bonds. The van der Waals surface area contributed by atoms with Gasteiger partial charge < -0.3 is 19.3 Å². The first kappa shape index (κ1) is 14.1. The second kappa shape index (κ2) is 6.25. The lowest BCUT2D eigenvalue weighted by molar-refractivity contribution is -0.143. The van der Waals surface area contributed by atoms with Crippen molar-refractivity contribution in [1.29, 1.82) is 0 Å². The Morgan fingerprint density at radius 3 is 3.05 bits per heavy atom. The summed E-state index contributed by atoms with van der Waals surface area (Å²) in [6.07, 6.45) is -0.249. The van der Waals surface area contributed by atoms with Crippen molar-refractivity contribution in [3.8, 4) is 11.5 Å². The highest BCUT2D eigenvalue weighted by Gasteiger charge is 2.21. The number of aliphatic hydroxyl groups is 1. The van der Waals surface area contributed by atoms with Crippen LogP contribution < -0.4 is 9.47 Å². The van der Waals surface area contributed by atoms with Crippen LogP contribution in [0.2, 0.25) is 0 Å². The maximum absolute atomic E-state index is 11.2. The zero-order chi connectivity index (χ0) is 13.8. The third-order valence-corrected chi connectivity index (χ3v) is 3.35. The van der Waals surface area contributed by atoms with E-state index in [4.69, 9.17) is 14.2 Å². The molecular weight excluding hydrogens is 316 g/mol. The number of benzene rings is 1. The fourth-order valence-electron chi connectivity index (χ4n) is 1.83. The minimum absolute atomic E-state index is 0.177. The molecule has 5 nitrogen and oxygen atoms in total. The number of esters is 1. The summed E-state index contributed by atoms with van der Waals surface area (Å²) in [6, 6.07) is 3.49. The molecule has 6 heteroatoms. The molecule has 1 heterocycles. The van der Waals surface area contributed by atoms with E-state index < -0.39 is 6.10 Å². The van der Waals surface area contributed by atoms with E-state index in [1.165, 1.54) is 0 Å². The van der Waals surface area contributed by atoms with Gasteiger partial charge in [-0.1, -0.05) is 0 Å². The van der Waals surface area contributed by atoms with Crippen LogP contribution in [0.25, 0.3) is 0 Å². The first-order valence-corrected chi connectivity index (χ1v) is 6.83. The maximum atomic E-state index is 11.2.